The Labute approximate surface area is 87.7 Å². The van der Waals surface area contributed by atoms with E-state index in [-0.39, 0.29) is 0 Å². The van der Waals surface area contributed by atoms with Crippen molar-refractivity contribution >= 4 is 15.9 Å². The number of hydrogen-bond donors (Lipinski definition) is 1. The molecule has 0 aromatic carbocycles. The highest BCUT2D eigenvalue weighted by Gasteiger charge is 2.09. The van der Waals surface area contributed by atoms with Crippen molar-refractivity contribution in [2.24, 2.45) is 7.05 Å². The van der Waals surface area contributed by atoms with Crippen molar-refractivity contribution in [2.75, 3.05) is 13.6 Å². The smallest absolute Gasteiger partial charge is 0.110 e. The molecule has 0 fully saturated rings. The highest BCUT2D eigenvalue weighted by Crippen LogP contribution is 2.17. The predicted octanol–water partition coefficient (Wildman–Crippen LogP) is 1.51. The largest absolute Gasteiger partial charge is 0.326 e. The van der Waals surface area contributed by atoms with Crippen molar-refractivity contribution in [2.45, 2.75) is 19.8 Å². The summed E-state index contributed by atoms with van der Waals surface area (Å²) in [5, 5.41) is 3.12. The van der Waals surface area contributed by atoms with E-state index in [0.717, 1.165) is 35.5 Å². The van der Waals surface area contributed by atoms with E-state index in [9.17, 15) is 0 Å². The summed E-state index contributed by atoms with van der Waals surface area (Å²) in [6.07, 6.45) is 1.96. The molecule has 1 aromatic heterocycles. The molecule has 0 radical (unpaired) electrons. The topological polar surface area (TPSA) is 29.9 Å². The average Bonchev–Trinajstić information content (AvgIpc) is 2.41. The molecule has 74 valence electrons. The van der Waals surface area contributed by atoms with Crippen LogP contribution in [0.25, 0.3) is 0 Å². The van der Waals surface area contributed by atoms with Crippen LogP contribution in [0.2, 0.25) is 0 Å². The van der Waals surface area contributed by atoms with Gasteiger partial charge in [0, 0.05) is 20.0 Å². The van der Waals surface area contributed by atoms with Crippen molar-refractivity contribution < 1.29 is 0 Å². The second kappa shape index (κ2) is 4.77. The Kier molecular flexibility index (Phi) is 3.93. The van der Waals surface area contributed by atoms with Crippen LogP contribution in [-0.4, -0.2) is 23.1 Å². The van der Waals surface area contributed by atoms with Gasteiger partial charge >= 0.3 is 0 Å². The second-order valence-corrected chi connectivity index (χ2v) is 3.78. The Balaban J connectivity index is 2.82. The summed E-state index contributed by atoms with van der Waals surface area (Å²) in [6.45, 7) is 3.09. The molecule has 0 aliphatic rings. The van der Waals surface area contributed by atoms with Crippen molar-refractivity contribution in [1.82, 2.24) is 14.9 Å². The predicted molar refractivity (Wildman–Crippen MR) is 57.9 cm³/mol. The minimum absolute atomic E-state index is 0.973. The first kappa shape index (κ1) is 10.7. The summed E-state index contributed by atoms with van der Waals surface area (Å²) in [7, 11) is 4.00. The Morgan fingerprint density at radius 3 is 2.69 bits per heavy atom. The van der Waals surface area contributed by atoms with Gasteiger partial charge in [-0.2, -0.15) is 0 Å². The lowest BCUT2D eigenvalue weighted by molar-refractivity contribution is 0.712. The van der Waals surface area contributed by atoms with Gasteiger partial charge in [0.1, 0.15) is 10.4 Å². The van der Waals surface area contributed by atoms with Gasteiger partial charge in [-0.15, -0.1) is 0 Å². The zero-order valence-electron chi connectivity index (χ0n) is 8.39. The van der Waals surface area contributed by atoms with Crippen LogP contribution < -0.4 is 5.32 Å². The van der Waals surface area contributed by atoms with E-state index in [1.807, 2.05) is 14.1 Å². The number of aryl methyl sites for hydroxylation is 1. The van der Waals surface area contributed by atoms with E-state index in [2.05, 4.69) is 37.7 Å². The molecular weight excluding hydrogens is 230 g/mol. The maximum Gasteiger partial charge on any atom is 0.110 e. The van der Waals surface area contributed by atoms with Crippen LogP contribution in [0.3, 0.4) is 0 Å². The Morgan fingerprint density at radius 2 is 2.23 bits per heavy atom. The first-order chi connectivity index (χ1) is 6.20. The normalized spacial score (nSPS) is 10.8. The Bertz CT molecular complexity index is 281. The minimum atomic E-state index is 0.973. The third-order valence-corrected chi connectivity index (χ3v) is 3.11. The Morgan fingerprint density at radius 1 is 1.54 bits per heavy atom. The highest BCUT2D eigenvalue weighted by atomic mass is 79.9. The van der Waals surface area contributed by atoms with E-state index in [4.69, 9.17) is 0 Å². The molecule has 1 N–H and O–H groups in total. The summed E-state index contributed by atoms with van der Waals surface area (Å²) in [4.78, 5) is 4.54. The highest BCUT2D eigenvalue weighted by molar-refractivity contribution is 9.10. The van der Waals surface area contributed by atoms with Crippen molar-refractivity contribution in [3.63, 3.8) is 0 Å². The third-order valence-electron chi connectivity index (χ3n) is 2.12. The monoisotopic (exact) mass is 245 g/mol. The third kappa shape index (κ3) is 2.31. The molecule has 0 saturated heterocycles. The lowest BCUT2D eigenvalue weighted by Crippen LogP contribution is -2.13. The first-order valence-corrected chi connectivity index (χ1v) is 5.34. The number of hydrogen-bond acceptors (Lipinski definition) is 2. The maximum absolute atomic E-state index is 4.54. The molecule has 0 aliphatic carbocycles. The number of rotatable bonds is 4. The molecule has 0 spiro atoms. The van der Waals surface area contributed by atoms with Crippen molar-refractivity contribution in [3.05, 3.63) is 16.1 Å². The number of halogens is 1. The van der Waals surface area contributed by atoms with E-state index < -0.39 is 0 Å². The number of imidazole rings is 1. The molecule has 1 rings (SSSR count). The molecule has 13 heavy (non-hydrogen) atoms. The molecule has 0 bridgehead atoms. The SMILES string of the molecule is CCc1nc(CCNC)n(C)c1Br. The summed E-state index contributed by atoms with van der Waals surface area (Å²) in [6, 6.07) is 0. The molecule has 1 aromatic rings. The maximum atomic E-state index is 4.54. The van der Waals surface area contributed by atoms with Crippen molar-refractivity contribution in [3.8, 4) is 0 Å². The summed E-state index contributed by atoms with van der Waals surface area (Å²) in [5.41, 5.74) is 1.15. The molecule has 0 saturated carbocycles. The van der Waals surface area contributed by atoms with Crippen LogP contribution in [0.15, 0.2) is 4.60 Å². The van der Waals surface area contributed by atoms with Gasteiger partial charge in [-0.25, -0.2) is 4.98 Å². The fraction of sp³-hybridized carbons (Fsp3) is 0.667. The molecule has 1 heterocycles. The minimum Gasteiger partial charge on any atom is -0.326 e. The first-order valence-electron chi connectivity index (χ1n) is 4.55. The zero-order chi connectivity index (χ0) is 9.84. The van der Waals surface area contributed by atoms with Gasteiger partial charge in [-0.05, 0) is 29.4 Å². The fourth-order valence-electron chi connectivity index (χ4n) is 1.27. The standard InChI is InChI=1S/C9H16BrN3/c1-4-7-9(10)13(3)8(12-7)5-6-11-2/h11H,4-6H2,1-3H3. The molecule has 3 nitrogen and oxygen atoms in total. The summed E-state index contributed by atoms with van der Waals surface area (Å²) < 4.78 is 3.22. The van der Waals surface area contributed by atoms with Gasteiger partial charge in [-0.3, -0.25) is 0 Å². The molecular formula is C9H16BrN3. The van der Waals surface area contributed by atoms with Gasteiger partial charge in [-0.1, -0.05) is 6.92 Å². The number of nitrogens with zero attached hydrogens (tertiary/aromatic N) is 2. The lowest BCUT2D eigenvalue weighted by Gasteiger charge is -2.00. The zero-order valence-corrected chi connectivity index (χ0v) is 9.98. The van der Waals surface area contributed by atoms with Crippen LogP contribution in [0.5, 0.6) is 0 Å². The van der Waals surface area contributed by atoms with Crippen molar-refractivity contribution in [1.29, 1.82) is 0 Å². The van der Waals surface area contributed by atoms with Gasteiger partial charge in [0.25, 0.3) is 0 Å². The average molecular weight is 246 g/mol. The molecule has 4 heteroatoms. The molecule has 0 aliphatic heterocycles. The summed E-state index contributed by atoms with van der Waals surface area (Å²) >= 11 is 3.53. The summed E-state index contributed by atoms with van der Waals surface area (Å²) in [5.74, 6) is 1.14. The second-order valence-electron chi connectivity index (χ2n) is 3.03. The lowest BCUT2D eigenvalue weighted by atomic mass is 10.4. The van der Waals surface area contributed by atoms with Crippen LogP contribution in [-0.2, 0) is 19.9 Å². The van der Waals surface area contributed by atoms with Crippen LogP contribution in [0.1, 0.15) is 18.4 Å². The van der Waals surface area contributed by atoms with Gasteiger partial charge in [0.2, 0.25) is 0 Å². The number of aromatic nitrogens is 2. The van der Waals surface area contributed by atoms with Crippen LogP contribution in [0.4, 0.5) is 0 Å². The van der Waals surface area contributed by atoms with E-state index >= 15 is 0 Å². The van der Waals surface area contributed by atoms with E-state index in [1.165, 1.54) is 0 Å². The molecule has 0 atom stereocenters. The van der Waals surface area contributed by atoms with Gasteiger partial charge in [0.05, 0.1) is 5.69 Å². The molecule has 0 amide bonds. The number of likely N-dealkylation sites (N-methyl/N-ethyl adjacent to an activating group) is 1. The fourth-order valence-corrected chi connectivity index (χ4v) is 1.84. The van der Waals surface area contributed by atoms with Crippen LogP contribution >= 0.6 is 15.9 Å². The quantitative estimate of drug-likeness (QED) is 0.872. The van der Waals surface area contributed by atoms with Crippen LogP contribution in [0, 0.1) is 0 Å². The van der Waals surface area contributed by atoms with Gasteiger partial charge < -0.3 is 9.88 Å². The Hall–Kier alpha value is -0.350. The van der Waals surface area contributed by atoms with E-state index in [0.29, 0.717) is 0 Å². The van der Waals surface area contributed by atoms with Gasteiger partial charge in [0.15, 0.2) is 0 Å². The van der Waals surface area contributed by atoms with E-state index in [1.54, 1.807) is 0 Å². The molecule has 0 unspecified atom stereocenters. The number of nitrogens with one attached hydrogen (secondary N) is 1.